The van der Waals surface area contributed by atoms with Gasteiger partial charge in [-0.25, -0.2) is 0 Å². The minimum atomic E-state index is 0.0872. The molecule has 1 aliphatic carbocycles. The summed E-state index contributed by atoms with van der Waals surface area (Å²) in [7, 11) is 0.342. The molecule has 2 aliphatic rings. The average Bonchev–Trinajstić information content (AvgIpc) is 3.41. The Morgan fingerprint density at radius 2 is 1.62 bits per heavy atom. The molecular weight excluding hydrogens is 659 g/mol. The van der Waals surface area contributed by atoms with Crippen LogP contribution in [0.2, 0.25) is 0 Å². The van der Waals surface area contributed by atoms with Crippen LogP contribution in [0.4, 0.5) is 0 Å². The van der Waals surface area contributed by atoms with Crippen molar-refractivity contribution in [1.82, 2.24) is 0 Å². The number of ether oxygens (including phenoxy) is 1. The van der Waals surface area contributed by atoms with E-state index in [9.17, 15) is 0 Å². The molecule has 4 aromatic carbocycles. The first-order valence-electron chi connectivity index (χ1n) is 18.0. The van der Waals surface area contributed by atoms with Crippen LogP contribution < -0.4 is 5.46 Å². The number of benzene rings is 4. The number of hydrogen-bond donors (Lipinski definition) is 0. The van der Waals surface area contributed by atoms with Crippen LogP contribution in [-0.4, -0.2) is 29.8 Å². The van der Waals surface area contributed by atoms with E-state index in [4.69, 9.17) is 4.74 Å². The summed E-state index contributed by atoms with van der Waals surface area (Å²) in [4.78, 5) is 0. The van der Waals surface area contributed by atoms with E-state index in [1.54, 1.807) is 6.26 Å². The molecule has 0 amide bonds. The Bertz CT molecular complexity index is 2270. The van der Waals surface area contributed by atoms with E-state index in [1.807, 2.05) is 42.5 Å². The van der Waals surface area contributed by atoms with Gasteiger partial charge in [0.05, 0.1) is 0 Å². The Morgan fingerprint density at radius 1 is 0.868 bits per heavy atom. The standard InChI is InChI=1S/C50H45BOS/c1-6-39-25-30-44(36-48(39)49(7-2)51-46-18-12-9-13-19-46)41-26-28-42(29-27-41)45-31-32-52-50-20-15-17-43(35-47(50)37(4)34-45)40-23-21-38(22-24-40)16-11-10-14-33-53(5)8-3/h6-7,9-36,43H,1-2,4,8H2,3,5H3/b14-10-,16-11-,32-31-,45-34+/t43?,53-/m0/s1. The van der Waals surface area contributed by atoms with Gasteiger partial charge in [-0.3, -0.25) is 0 Å². The van der Waals surface area contributed by atoms with Crippen LogP contribution in [0.1, 0.15) is 40.7 Å². The maximum absolute atomic E-state index is 6.20. The number of rotatable bonds is 11. The van der Waals surface area contributed by atoms with Gasteiger partial charge in [-0.2, -0.15) is 10.5 Å². The van der Waals surface area contributed by atoms with Gasteiger partial charge in [0.25, 0.3) is 0 Å². The second-order valence-electron chi connectivity index (χ2n) is 12.9. The fraction of sp³-hybridized carbons (Fsp3) is 0.0800. The van der Waals surface area contributed by atoms with Gasteiger partial charge in [-0.05, 0) is 34.6 Å². The molecule has 6 rings (SSSR count). The van der Waals surface area contributed by atoms with Gasteiger partial charge in [0.1, 0.15) is 5.76 Å². The molecular formula is C50H45BOS. The van der Waals surface area contributed by atoms with E-state index < -0.39 is 0 Å². The van der Waals surface area contributed by atoms with Gasteiger partial charge >= 0.3 is 190 Å². The fourth-order valence-corrected chi connectivity index (χ4v) is 6.80. The Morgan fingerprint density at radius 3 is 2.36 bits per heavy atom. The molecule has 53 heavy (non-hydrogen) atoms. The van der Waals surface area contributed by atoms with E-state index in [2.05, 4.69) is 173 Å². The van der Waals surface area contributed by atoms with Crippen molar-refractivity contribution in [3.8, 4) is 11.1 Å². The van der Waals surface area contributed by atoms with E-state index in [0.717, 1.165) is 61.2 Å². The fourth-order valence-electron chi connectivity index (χ4n) is 6.25. The van der Waals surface area contributed by atoms with Crippen molar-refractivity contribution < 1.29 is 4.74 Å². The molecule has 0 N–H and O–H groups in total. The van der Waals surface area contributed by atoms with Crippen LogP contribution in [0.3, 0.4) is 0 Å². The van der Waals surface area contributed by atoms with Gasteiger partial charge < -0.3 is 0 Å². The van der Waals surface area contributed by atoms with Crippen molar-refractivity contribution in [3.05, 3.63) is 229 Å². The number of allylic oxidation sites excluding steroid dienone is 12. The molecule has 0 radical (unpaired) electrons. The number of fused-ring (bicyclic) bond motifs is 1. The van der Waals surface area contributed by atoms with Gasteiger partial charge in [0, 0.05) is 5.92 Å². The first kappa shape index (κ1) is 37.0. The molecule has 0 saturated heterocycles. The third-order valence-electron chi connectivity index (χ3n) is 9.37. The van der Waals surface area contributed by atoms with Crippen LogP contribution in [0.5, 0.6) is 0 Å². The van der Waals surface area contributed by atoms with E-state index in [-0.39, 0.29) is 5.92 Å². The molecule has 260 valence electrons. The minimum absolute atomic E-state index is 0.0872. The van der Waals surface area contributed by atoms with Crippen molar-refractivity contribution in [1.29, 1.82) is 0 Å². The predicted molar refractivity (Wildman–Crippen MR) is 238 cm³/mol. The normalized spacial score (nSPS) is 18.0. The summed E-state index contributed by atoms with van der Waals surface area (Å²) in [6, 6.07) is 34.2. The molecule has 3 heteroatoms. The van der Waals surface area contributed by atoms with Crippen molar-refractivity contribution in [2.45, 2.75) is 12.8 Å². The first-order chi connectivity index (χ1) is 25.9. The maximum atomic E-state index is 6.20. The van der Waals surface area contributed by atoms with Gasteiger partial charge in [-0.1, -0.05) is 73.7 Å². The molecule has 0 fully saturated rings. The third kappa shape index (κ3) is 9.57. The molecule has 0 aromatic heterocycles. The molecule has 4 aromatic rings. The van der Waals surface area contributed by atoms with Crippen LogP contribution in [0.15, 0.2) is 201 Å². The second-order valence-corrected chi connectivity index (χ2v) is 15.1. The van der Waals surface area contributed by atoms with Crippen molar-refractivity contribution in [2.24, 2.45) is 0 Å². The topological polar surface area (TPSA) is 9.23 Å². The summed E-state index contributed by atoms with van der Waals surface area (Å²) in [5.74, 6) is 2.06. The van der Waals surface area contributed by atoms with E-state index in [0.29, 0.717) is 10.5 Å². The molecule has 1 unspecified atom stereocenters. The predicted octanol–water partition coefficient (Wildman–Crippen LogP) is 11.7. The Hall–Kier alpha value is -5.77. The van der Waals surface area contributed by atoms with Crippen molar-refractivity contribution in [3.63, 3.8) is 0 Å². The summed E-state index contributed by atoms with van der Waals surface area (Å²) in [6.07, 6.45) is 29.0. The molecule has 1 nitrogen and oxygen atoms in total. The monoisotopic (exact) mass is 704 g/mol. The molecule has 0 spiro atoms. The quantitative estimate of drug-likeness (QED) is 0.0654. The third-order valence-corrected chi connectivity index (χ3v) is 10.9. The summed E-state index contributed by atoms with van der Waals surface area (Å²) in [5.41, 5.74) is 13.0. The Kier molecular flexibility index (Phi) is 12.7. The zero-order chi connectivity index (χ0) is 37.0. The van der Waals surface area contributed by atoms with Gasteiger partial charge in [0.2, 0.25) is 0 Å². The summed E-state index contributed by atoms with van der Waals surface area (Å²) in [6.45, 7) is 17.1. The zero-order valence-electron chi connectivity index (χ0n) is 30.6. The first-order valence-corrected chi connectivity index (χ1v) is 19.8. The summed E-state index contributed by atoms with van der Waals surface area (Å²) < 4.78 is 6.20. The summed E-state index contributed by atoms with van der Waals surface area (Å²) >= 11 is 0. The molecule has 1 heterocycles. The van der Waals surface area contributed by atoms with Crippen LogP contribution >= 0.6 is 10.5 Å². The van der Waals surface area contributed by atoms with Crippen molar-refractivity contribution in [2.75, 3.05) is 12.0 Å². The zero-order valence-corrected chi connectivity index (χ0v) is 31.4. The van der Waals surface area contributed by atoms with E-state index >= 15 is 0 Å². The average molecular weight is 705 g/mol. The van der Waals surface area contributed by atoms with Gasteiger partial charge in [0.15, 0.2) is 0 Å². The van der Waals surface area contributed by atoms with E-state index in [1.165, 1.54) is 16.9 Å². The van der Waals surface area contributed by atoms with Crippen molar-refractivity contribution >= 4 is 51.4 Å². The molecule has 1 aliphatic heterocycles. The number of hydrogen-bond acceptors (Lipinski definition) is 1. The van der Waals surface area contributed by atoms with Crippen LogP contribution in [0.25, 0.3) is 28.9 Å². The second kappa shape index (κ2) is 18.1. The molecule has 2 atom stereocenters. The Balaban J connectivity index is 1.21. The summed E-state index contributed by atoms with van der Waals surface area (Å²) in [5, 5.41) is 2.27. The molecule has 0 bridgehead atoms. The Labute approximate surface area is 319 Å². The SMILES string of the molecule is C=CC(=Bc1ccccc1)c1cc(-c2ccc(C3=C/C(=C)C4=CC(c5ccc(\C=C/C=C\C=[S@@](/C)CC)cc5)C=CC=C4O/C=C\3)cc2)ccc1C=C. The van der Waals surface area contributed by atoms with Crippen LogP contribution in [-0.2, 0) is 4.74 Å². The van der Waals surface area contributed by atoms with Gasteiger partial charge in [-0.15, -0.1) is 0 Å². The molecule has 0 saturated carbocycles. The van der Waals surface area contributed by atoms with Crippen LogP contribution in [0, 0.1) is 0 Å².